The molecule has 1 fully saturated rings. The number of hydrogen-bond donors (Lipinski definition) is 1. The molecule has 3 rings (SSSR count). The zero-order valence-electron chi connectivity index (χ0n) is 12.0. The van der Waals surface area contributed by atoms with E-state index in [4.69, 9.17) is 15.0 Å². The van der Waals surface area contributed by atoms with Crippen molar-refractivity contribution in [1.82, 2.24) is 20.0 Å². The molecule has 2 N–H and O–H groups in total. The van der Waals surface area contributed by atoms with Gasteiger partial charge in [0.1, 0.15) is 0 Å². The van der Waals surface area contributed by atoms with Crippen LogP contribution in [0.25, 0.3) is 11.5 Å². The standard InChI is InChI=1S/C14H19N5O2/c1-10-11(3-2-4-16-10)14-17-13(18-21-14)12(15)9-19-5-7-20-8-6-19/h2-4,12H,5-9,15H2,1H3. The molecular weight excluding hydrogens is 270 g/mol. The largest absolute Gasteiger partial charge is 0.379 e. The van der Waals surface area contributed by atoms with E-state index in [0.717, 1.165) is 37.6 Å². The summed E-state index contributed by atoms with van der Waals surface area (Å²) in [7, 11) is 0. The molecule has 0 saturated carbocycles. The third-order valence-corrected chi connectivity index (χ3v) is 3.57. The lowest BCUT2D eigenvalue weighted by atomic mass is 10.2. The summed E-state index contributed by atoms with van der Waals surface area (Å²) in [5, 5.41) is 4.00. The molecule has 0 amide bonds. The quantitative estimate of drug-likeness (QED) is 0.889. The molecule has 1 unspecified atom stereocenters. The topological polar surface area (TPSA) is 90.3 Å². The van der Waals surface area contributed by atoms with Crippen LogP contribution in [-0.4, -0.2) is 52.9 Å². The summed E-state index contributed by atoms with van der Waals surface area (Å²) in [6.45, 7) is 5.89. The van der Waals surface area contributed by atoms with Gasteiger partial charge in [-0.2, -0.15) is 4.98 Å². The van der Waals surface area contributed by atoms with Crippen molar-refractivity contribution >= 4 is 0 Å². The summed E-state index contributed by atoms with van der Waals surface area (Å²) >= 11 is 0. The second-order valence-corrected chi connectivity index (χ2v) is 5.11. The first-order chi connectivity index (χ1) is 10.2. The Kier molecular flexibility index (Phi) is 4.23. The zero-order chi connectivity index (χ0) is 14.7. The van der Waals surface area contributed by atoms with E-state index >= 15 is 0 Å². The highest BCUT2D eigenvalue weighted by Crippen LogP contribution is 2.21. The second kappa shape index (κ2) is 6.30. The average molecular weight is 289 g/mol. The van der Waals surface area contributed by atoms with Crippen molar-refractivity contribution in [2.45, 2.75) is 13.0 Å². The van der Waals surface area contributed by atoms with Crippen LogP contribution in [0.3, 0.4) is 0 Å². The molecule has 0 spiro atoms. The van der Waals surface area contributed by atoms with Crippen LogP contribution in [0.1, 0.15) is 17.6 Å². The molecule has 112 valence electrons. The summed E-state index contributed by atoms with van der Waals surface area (Å²) in [6.07, 6.45) is 1.74. The first-order valence-electron chi connectivity index (χ1n) is 7.05. The average Bonchev–Trinajstić information content (AvgIpc) is 2.98. The van der Waals surface area contributed by atoms with E-state index < -0.39 is 0 Å². The molecule has 2 aromatic rings. The molecule has 1 atom stereocenters. The molecule has 0 bridgehead atoms. The van der Waals surface area contributed by atoms with Crippen LogP contribution in [0.15, 0.2) is 22.9 Å². The van der Waals surface area contributed by atoms with Gasteiger partial charge in [0.25, 0.3) is 5.89 Å². The molecule has 7 nitrogen and oxygen atoms in total. The van der Waals surface area contributed by atoms with Crippen LogP contribution in [0.2, 0.25) is 0 Å². The first kappa shape index (κ1) is 14.1. The Morgan fingerprint density at radius 3 is 2.95 bits per heavy atom. The highest BCUT2D eigenvalue weighted by Gasteiger charge is 2.20. The highest BCUT2D eigenvalue weighted by molar-refractivity contribution is 5.55. The van der Waals surface area contributed by atoms with E-state index in [1.54, 1.807) is 6.20 Å². The van der Waals surface area contributed by atoms with Gasteiger partial charge in [0.15, 0.2) is 5.82 Å². The van der Waals surface area contributed by atoms with Gasteiger partial charge >= 0.3 is 0 Å². The van der Waals surface area contributed by atoms with Gasteiger partial charge in [0.2, 0.25) is 0 Å². The van der Waals surface area contributed by atoms with Crippen molar-refractivity contribution in [3.05, 3.63) is 29.8 Å². The van der Waals surface area contributed by atoms with Crippen molar-refractivity contribution < 1.29 is 9.26 Å². The number of nitrogens with two attached hydrogens (primary N) is 1. The van der Waals surface area contributed by atoms with Crippen molar-refractivity contribution in [1.29, 1.82) is 0 Å². The van der Waals surface area contributed by atoms with Crippen LogP contribution < -0.4 is 5.73 Å². The lowest BCUT2D eigenvalue weighted by Gasteiger charge is -2.27. The molecule has 2 aromatic heterocycles. The summed E-state index contributed by atoms with van der Waals surface area (Å²) < 4.78 is 10.6. The van der Waals surface area contributed by atoms with Gasteiger partial charge in [0.05, 0.1) is 24.8 Å². The molecule has 1 saturated heterocycles. The Bertz CT molecular complexity index is 595. The van der Waals surface area contributed by atoms with Gasteiger partial charge in [0, 0.05) is 31.5 Å². The first-order valence-corrected chi connectivity index (χ1v) is 7.05. The number of rotatable bonds is 4. The Morgan fingerprint density at radius 1 is 1.38 bits per heavy atom. The van der Waals surface area contributed by atoms with Crippen molar-refractivity contribution in [2.75, 3.05) is 32.8 Å². The van der Waals surface area contributed by atoms with E-state index in [1.165, 1.54) is 0 Å². The maximum Gasteiger partial charge on any atom is 0.259 e. The molecule has 1 aliphatic rings. The number of pyridine rings is 1. The fourth-order valence-electron chi connectivity index (χ4n) is 2.35. The predicted molar refractivity (Wildman–Crippen MR) is 76.5 cm³/mol. The van der Waals surface area contributed by atoms with Gasteiger partial charge in [-0.15, -0.1) is 0 Å². The smallest absolute Gasteiger partial charge is 0.259 e. The lowest BCUT2D eigenvalue weighted by molar-refractivity contribution is 0.0348. The fourth-order valence-corrected chi connectivity index (χ4v) is 2.35. The van der Waals surface area contributed by atoms with Gasteiger partial charge in [-0.3, -0.25) is 9.88 Å². The zero-order valence-corrected chi connectivity index (χ0v) is 12.0. The van der Waals surface area contributed by atoms with Crippen LogP contribution in [0.4, 0.5) is 0 Å². The number of morpholine rings is 1. The predicted octanol–water partition coefficient (Wildman–Crippen LogP) is 0.772. The Morgan fingerprint density at radius 2 is 2.19 bits per heavy atom. The van der Waals surface area contributed by atoms with Gasteiger partial charge in [-0.25, -0.2) is 0 Å². The Labute approximate surface area is 123 Å². The molecule has 1 aliphatic heterocycles. The van der Waals surface area contributed by atoms with Crippen LogP contribution in [0.5, 0.6) is 0 Å². The van der Waals surface area contributed by atoms with E-state index in [9.17, 15) is 0 Å². The van der Waals surface area contributed by atoms with Gasteiger partial charge in [-0.1, -0.05) is 5.16 Å². The maximum atomic E-state index is 6.17. The molecule has 7 heteroatoms. The van der Waals surface area contributed by atoms with Crippen molar-refractivity contribution in [2.24, 2.45) is 5.73 Å². The lowest BCUT2D eigenvalue weighted by Crippen LogP contribution is -2.40. The third kappa shape index (κ3) is 3.26. The van der Waals surface area contributed by atoms with E-state index in [0.29, 0.717) is 18.3 Å². The molecular formula is C14H19N5O2. The van der Waals surface area contributed by atoms with Gasteiger partial charge < -0.3 is 15.0 Å². The maximum absolute atomic E-state index is 6.17. The monoisotopic (exact) mass is 289 g/mol. The summed E-state index contributed by atoms with van der Waals surface area (Å²) in [6, 6.07) is 3.49. The fraction of sp³-hybridized carbons (Fsp3) is 0.500. The minimum Gasteiger partial charge on any atom is -0.379 e. The molecule has 0 aliphatic carbocycles. The third-order valence-electron chi connectivity index (χ3n) is 3.57. The second-order valence-electron chi connectivity index (χ2n) is 5.11. The molecule has 3 heterocycles. The summed E-state index contributed by atoms with van der Waals surface area (Å²) in [5.74, 6) is 0.993. The SMILES string of the molecule is Cc1ncccc1-c1nc(C(N)CN2CCOCC2)no1. The van der Waals surface area contributed by atoms with Crippen molar-refractivity contribution in [3.8, 4) is 11.5 Å². The number of nitrogens with zero attached hydrogens (tertiary/aromatic N) is 4. The van der Waals surface area contributed by atoms with Gasteiger partial charge in [-0.05, 0) is 19.1 Å². The highest BCUT2D eigenvalue weighted by atomic mass is 16.5. The Balaban J connectivity index is 1.71. The minimum absolute atomic E-state index is 0.266. The van der Waals surface area contributed by atoms with E-state index in [2.05, 4.69) is 20.0 Å². The number of aromatic nitrogens is 3. The minimum atomic E-state index is -0.266. The Hall–Kier alpha value is -1.83. The summed E-state index contributed by atoms with van der Waals surface area (Å²) in [5.41, 5.74) is 7.87. The molecule has 0 radical (unpaired) electrons. The molecule has 0 aromatic carbocycles. The summed E-state index contributed by atoms with van der Waals surface area (Å²) in [4.78, 5) is 10.9. The van der Waals surface area contributed by atoms with E-state index in [1.807, 2.05) is 19.1 Å². The molecule has 21 heavy (non-hydrogen) atoms. The van der Waals surface area contributed by atoms with Crippen molar-refractivity contribution in [3.63, 3.8) is 0 Å². The normalized spacial score (nSPS) is 17.8. The van der Waals surface area contributed by atoms with Crippen LogP contribution in [-0.2, 0) is 4.74 Å². The van der Waals surface area contributed by atoms with Crippen LogP contribution >= 0.6 is 0 Å². The number of hydrogen-bond acceptors (Lipinski definition) is 7. The number of ether oxygens (including phenoxy) is 1. The van der Waals surface area contributed by atoms with E-state index in [-0.39, 0.29) is 6.04 Å². The van der Waals surface area contributed by atoms with Crippen LogP contribution in [0, 0.1) is 6.92 Å². The number of aryl methyl sites for hydroxylation is 1.